The standard InChI is InChI=1S/C18H21N3OS/c1-3-11-19-17(22)13(2)23-18-20-12-16(21(18)15-9-10-15)14-7-5-4-6-8-14/h3-8,12-13,15H,1,9-11H2,2H3,(H,19,22). The number of benzene rings is 1. The highest BCUT2D eigenvalue weighted by Crippen LogP contribution is 2.42. The fourth-order valence-corrected chi connectivity index (χ4v) is 3.45. The lowest BCUT2D eigenvalue weighted by molar-refractivity contribution is -0.120. The van der Waals surface area contributed by atoms with Gasteiger partial charge in [-0.15, -0.1) is 6.58 Å². The molecule has 0 bridgehead atoms. The molecule has 23 heavy (non-hydrogen) atoms. The molecule has 0 spiro atoms. The van der Waals surface area contributed by atoms with Crippen molar-refractivity contribution in [2.45, 2.75) is 36.2 Å². The molecule has 2 aromatic rings. The molecule has 1 atom stereocenters. The van der Waals surface area contributed by atoms with Gasteiger partial charge in [0.2, 0.25) is 5.91 Å². The fraction of sp³-hybridized carbons (Fsp3) is 0.333. The molecule has 1 fully saturated rings. The summed E-state index contributed by atoms with van der Waals surface area (Å²) in [4.78, 5) is 16.6. The number of hydrogen-bond acceptors (Lipinski definition) is 3. The number of amides is 1. The minimum atomic E-state index is -0.182. The quantitative estimate of drug-likeness (QED) is 0.623. The zero-order valence-electron chi connectivity index (χ0n) is 13.2. The van der Waals surface area contributed by atoms with Gasteiger partial charge in [0.1, 0.15) is 0 Å². The Hall–Kier alpha value is -2.01. The number of rotatable bonds is 7. The Morgan fingerprint density at radius 1 is 1.48 bits per heavy atom. The summed E-state index contributed by atoms with van der Waals surface area (Å²) in [6.45, 7) is 6.03. The van der Waals surface area contributed by atoms with E-state index in [2.05, 4.69) is 33.6 Å². The third-order valence-corrected chi connectivity index (χ3v) is 4.90. The minimum absolute atomic E-state index is 0.0153. The molecule has 1 amide bonds. The average Bonchev–Trinajstić information content (AvgIpc) is 3.34. The summed E-state index contributed by atoms with van der Waals surface area (Å²) in [7, 11) is 0. The van der Waals surface area contributed by atoms with Crippen molar-refractivity contribution in [3.8, 4) is 11.3 Å². The van der Waals surface area contributed by atoms with Crippen molar-refractivity contribution < 1.29 is 4.79 Å². The largest absolute Gasteiger partial charge is 0.352 e. The molecule has 1 aromatic carbocycles. The second-order valence-corrected chi connectivity index (χ2v) is 7.00. The minimum Gasteiger partial charge on any atom is -0.352 e. The van der Waals surface area contributed by atoms with Gasteiger partial charge in [-0.25, -0.2) is 4.98 Å². The van der Waals surface area contributed by atoms with E-state index in [1.54, 1.807) is 6.08 Å². The first-order valence-corrected chi connectivity index (χ1v) is 8.76. The lowest BCUT2D eigenvalue weighted by atomic mass is 10.2. The third kappa shape index (κ3) is 3.67. The van der Waals surface area contributed by atoms with Crippen LogP contribution in [0.4, 0.5) is 0 Å². The Morgan fingerprint density at radius 2 is 2.22 bits per heavy atom. The van der Waals surface area contributed by atoms with Crippen LogP contribution < -0.4 is 5.32 Å². The van der Waals surface area contributed by atoms with Crippen molar-refractivity contribution in [2.75, 3.05) is 6.54 Å². The summed E-state index contributed by atoms with van der Waals surface area (Å²) in [5.74, 6) is 0.0153. The van der Waals surface area contributed by atoms with Gasteiger partial charge >= 0.3 is 0 Å². The van der Waals surface area contributed by atoms with Gasteiger partial charge in [0.15, 0.2) is 5.16 Å². The van der Waals surface area contributed by atoms with Crippen LogP contribution in [0.15, 0.2) is 54.3 Å². The molecule has 1 heterocycles. The van der Waals surface area contributed by atoms with Gasteiger partial charge in [0, 0.05) is 12.6 Å². The molecule has 1 aromatic heterocycles. The van der Waals surface area contributed by atoms with E-state index in [1.807, 2.05) is 31.3 Å². The van der Waals surface area contributed by atoms with Crippen LogP contribution >= 0.6 is 11.8 Å². The van der Waals surface area contributed by atoms with Gasteiger partial charge in [-0.1, -0.05) is 48.2 Å². The number of hydrogen-bond donors (Lipinski definition) is 1. The summed E-state index contributed by atoms with van der Waals surface area (Å²) >= 11 is 1.52. The summed E-state index contributed by atoms with van der Waals surface area (Å²) in [5, 5.41) is 3.58. The molecule has 1 N–H and O–H groups in total. The predicted molar refractivity (Wildman–Crippen MR) is 94.5 cm³/mol. The fourth-order valence-electron chi connectivity index (χ4n) is 2.47. The number of nitrogens with one attached hydrogen (secondary N) is 1. The molecule has 0 aliphatic heterocycles. The summed E-state index contributed by atoms with van der Waals surface area (Å²) in [6, 6.07) is 10.8. The normalized spacial score (nSPS) is 15.2. The van der Waals surface area contributed by atoms with Gasteiger partial charge < -0.3 is 9.88 Å². The van der Waals surface area contributed by atoms with Crippen LogP contribution in [-0.4, -0.2) is 27.3 Å². The van der Waals surface area contributed by atoms with Crippen LogP contribution in [0.3, 0.4) is 0 Å². The van der Waals surface area contributed by atoms with E-state index in [0.29, 0.717) is 12.6 Å². The van der Waals surface area contributed by atoms with E-state index in [4.69, 9.17) is 0 Å². The molecule has 1 aliphatic carbocycles. The molecular formula is C18H21N3OS. The van der Waals surface area contributed by atoms with Crippen molar-refractivity contribution in [2.24, 2.45) is 0 Å². The Morgan fingerprint density at radius 3 is 2.87 bits per heavy atom. The van der Waals surface area contributed by atoms with Gasteiger partial charge in [-0.05, 0) is 25.3 Å². The van der Waals surface area contributed by atoms with Crippen LogP contribution in [-0.2, 0) is 4.79 Å². The average molecular weight is 327 g/mol. The van der Waals surface area contributed by atoms with E-state index in [-0.39, 0.29) is 11.2 Å². The Labute approximate surface area is 141 Å². The molecule has 1 unspecified atom stereocenters. The Kier molecular flexibility index (Phi) is 4.86. The van der Waals surface area contributed by atoms with Crippen molar-refractivity contribution in [3.05, 3.63) is 49.2 Å². The molecule has 3 rings (SSSR count). The van der Waals surface area contributed by atoms with Crippen LogP contribution in [0.2, 0.25) is 0 Å². The summed E-state index contributed by atoms with van der Waals surface area (Å²) < 4.78 is 2.29. The van der Waals surface area contributed by atoms with Crippen LogP contribution in [0.25, 0.3) is 11.3 Å². The topological polar surface area (TPSA) is 46.9 Å². The second kappa shape index (κ2) is 7.04. The molecule has 120 valence electrons. The van der Waals surface area contributed by atoms with E-state index in [9.17, 15) is 4.79 Å². The monoisotopic (exact) mass is 327 g/mol. The number of carbonyl (C=O) groups excluding carboxylic acids is 1. The first-order chi connectivity index (χ1) is 11.2. The van der Waals surface area contributed by atoms with Crippen LogP contribution in [0.5, 0.6) is 0 Å². The van der Waals surface area contributed by atoms with Gasteiger partial charge in [-0.2, -0.15) is 0 Å². The van der Waals surface area contributed by atoms with Crippen molar-refractivity contribution in [3.63, 3.8) is 0 Å². The SMILES string of the molecule is C=CCNC(=O)C(C)Sc1ncc(-c2ccccc2)n1C1CC1. The molecule has 1 saturated carbocycles. The van der Waals surface area contributed by atoms with Gasteiger partial charge in [0.25, 0.3) is 0 Å². The molecular weight excluding hydrogens is 306 g/mol. The number of carbonyl (C=O) groups is 1. The van der Waals surface area contributed by atoms with Crippen molar-refractivity contribution in [1.29, 1.82) is 0 Å². The maximum Gasteiger partial charge on any atom is 0.233 e. The lowest BCUT2D eigenvalue weighted by Crippen LogP contribution is -2.31. The summed E-state index contributed by atoms with van der Waals surface area (Å²) in [6.07, 6.45) is 5.97. The lowest BCUT2D eigenvalue weighted by Gasteiger charge is -2.14. The number of thioether (sulfide) groups is 1. The molecule has 4 nitrogen and oxygen atoms in total. The molecule has 0 radical (unpaired) electrons. The second-order valence-electron chi connectivity index (χ2n) is 5.69. The first-order valence-electron chi connectivity index (χ1n) is 7.88. The van der Waals surface area contributed by atoms with Crippen molar-refractivity contribution >= 4 is 17.7 Å². The third-order valence-electron chi connectivity index (χ3n) is 3.82. The zero-order valence-corrected chi connectivity index (χ0v) is 14.1. The van der Waals surface area contributed by atoms with Crippen LogP contribution in [0, 0.1) is 0 Å². The van der Waals surface area contributed by atoms with Gasteiger partial charge in [0.05, 0.1) is 17.1 Å². The van der Waals surface area contributed by atoms with Crippen molar-refractivity contribution in [1.82, 2.24) is 14.9 Å². The Balaban J connectivity index is 1.82. The molecule has 1 aliphatic rings. The highest BCUT2D eigenvalue weighted by Gasteiger charge is 2.30. The number of nitrogens with zero attached hydrogens (tertiary/aromatic N) is 2. The predicted octanol–water partition coefficient (Wildman–Crippen LogP) is 3.67. The number of imidazole rings is 1. The summed E-state index contributed by atoms with van der Waals surface area (Å²) in [5.41, 5.74) is 2.30. The van der Waals surface area contributed by atoms with Crippen LogP contribution in [0.1, 0.15) is 25.8 Å². The first kappa shape index (κ1) is 15.9. The maximum atomic E-state index is 12.1. The van der Waals surface area contributed by atoms with E-state index in [1.165, 1.54) is 30.2 Å². The maximum absolute atomic E-state index is 12.1. The molecule has 0 saturated heterocycles. The Bertz CT molecular complexity index is 692. The highest BCUT2D eigenvalue weighted by molar-refractivity contribution is 8.00. The highest BCUT2D eigenvalue weighted by atomic mass is 32.2. The zero-order chi connectivity index (χ0) is 16.2. The molecule has 5 heteroatoms. The van der Waals surface area contributed by atoms with E-state index < -0.39 is 0 Å². The smallest absolute Gasteiger partial charge is 0.233 e. The van der Waals surface area contributed by atoms with E-state index in [0.717, 1.165) is 10.9 Å². The van der Waals surface area contributed by atoms with Gasteiger partial charge in [-0.3, -0.25) is 4.79 Å². The number of aromatic nitrogens is 2. The van der Waals surface area contributed by atoms with E-state index >= 15 is 0 Å².